The van der Waals surface area contributed by atoms with Crippen molar-refractivity contribution >= 4 is 0 Å². The molecule has 0 aromatic heterocycles. The Labute approximate surface area is 188 Å². The summed E-state index contributed by atoms with van der Waals surface area (Å²) in [5.74, 6) is 4.32. The number of likely N-dealkylation sites (N-methyl/N-ethyl adjacent to an activating group) is 1. The zero-order chi connectivity index (χ0) is 21.0. The van der Waals surface area contributed by atoms with Crippen LogP contribution in [0.2, 0.25) is 0 Å². The average molecular weight is 424 g/mol. The molecule has 0 radical (unpaired) electrons. The van der Waals surface area contributed by atoms with Gasteiger partial charge in [-0.2, -0.15) is 0 Å². The van der Waals surface area contributed by atoms with E-state index in [4.69, 9.17) is 4.74 Å². The van der Waals surface area contributed by atoms with Crippen molar-refractivity contribution in [2.24, 2.45) is 45.8 Å². The minimum absolute atomic E-state index is 0.0877. The fourth-order valence-electron chi connectivity index (χ4n) is 12.1. The highest BCUT2D eigenvalue weighted by atomic mass is 16.5. The number of ether oxygens (including phenoxy) is 1. The number of nitrogens with zero attached hydrogens (tertiary/aromatic N) is 1. The van der Waals surface area contributed by atoms with Crippen LogP contribution in [0.1, 0.15) is 78.1 Å². The van der Waals surface area contributed by atoms with Crippen LogP contribution < -0.4 is 0 Å². The molecule has 0 amide bonds. The van der Waals surface area contributed by atoms with E-state index in [0.29, 0.717) is 28.4 Å². The van der Waals surface area contributed by atoms with Gasteiger partial charge in [-0.15, -0.1) is 0 Å². The van der Waals surface area contributed by atoms with E-state index in [-0.39, 0.29) is 11.7 Å². The lowest BCUT2D eigenvalue weighted by Gasteiger charge is -2.60. The van der Waals surface area contributed by atoms with Crippen LogP contribution >= 0.6 is 0 Å². The third-order valence-electron chi connectivity index (χ3n) is 13.1. The molecular weight excluding hydrogens is 382 g/mol. The highest BCUT2D eigenvalue weighted by Crippen LogP contribution is 2.93. The lowest BCUT2D eigenvalue weighted by atomic mass is 9.47. The zero-order valence-electron chi connectivity index (χ0n) is 19.8. The molecule has 6 aliphatic carbocycles. The molecule has 8 rings (SSSR count). The number of fused-ring (bicyclic) bond motifs is 6. The lowest BCUT2D eigenvalue weighted by Crippen LogP contribution is -2.64. The first-order chi connectivity index (χ1) is 14.8. The number of allylic oxidation sites excluding steroid dienone is 1. The number of hydrogen-bond acceptors (Lipinski definition) is 3. The van der Waals surface area contributed by atoms with Gasteiger partial charge in [0.1, 0.15) is 0 Å². The molecule has 0 aromatic rings. The van der Waals surface area contributed by atoms with Gasteiger partial charge in [0.25, 0.3) is 0 Å². The van der Waals surface area contributed by atoms with Gasteiger partial charge >= 0.3 is 0 Å². The molecular formula is C28H41NO2. The molecule has 170 valence electrons. The summed E-state index contributed by atoms with van der Waals surface area (Å²) >= 11 is 0. The predicted octanol–water partition coefficient (Wildman–Crippen LogP) is 4.79. The van der Waals surface area contributed by atoms with E-state index in [1.165, 1.54) is 57.9 Å². The molecule has 3 nitrogen and oxygen atoms in total. The SMILES string of the molecule is C[C@H]1C[C@H]2O[C@@]34CC[C@H]5[C@@H]6CC=C7C[C@@H](O)CC[C@]7(C)[C@H]6CC56CC63C[C@@H]4[C@@H]2N(C)C1. The first kappa shape index (κ1) is 19.0. The van der Waals surface area contributed by atoms with Gasteiger partial charge < -0.3 is 14.7 Å². The quantitative estimate of drug-likeness (QED) is 0.569. The van der Waals surface area contributed by atoms with Gasteiger partial charge in [-0.25, -0.2) is 0 Å². The zero-order valence-corrected chi connectivity index (χ0v) is 19.8. The highest BCUT2D eigenvalue weighted by molar-refractivity contribution is 5.41. The van der Waals surface area contributed by atoms with E-state index in [1.807, 2.05) is 0 Å². The summed E-state index contributed by atoms with van der Waals surface area (Å²) in [6.45, 7) is 6.27. The second kappa shape index (κ2) is 5.47. The summed E-state index contributed by atoms with van der Waals surface area (Å²) < 4.78 is 7.26. The molecule has 0 bridgehead atoms. The maximum Gasteiger partial charge on any atom is 0.0793 e. The van der Waals surface area contributed by atoms with Crippen LogP contribution in [0.15, 0.2) is 11.6 Å². The molecule has 31 heavy (non-hydrogen) atoms. The molecule has 2 aliphatic heterocycles. The topological polar surface area (TPSA) is 32.7 Å². The molecule has 2 saturated heterocycles. The van der Waals surface area contributed by atoms with Gasteiger partial charge in [-0.05, 0) is 106 Å². The minimum atomic E-state index is -0.0877. The first-order valence-corrected chi connectivity index (χ1v) is 13.6. The van der Waals surface area contributed by atoms with Crippen molar-refractivity contribution in [3.8, 4) is 0 Å². The number of hydrogen-bond donors (Lipinski definition) is 1. The summed E-state index contributed by atoms with van der Waals surface area (Å²) in [7, 11) is 2.38. The fraction of sp³-hybridized carbons (Fsp3) is 0.929. The summed E-state index contributed by atoms with van der Waals surface area (Å²) in [5, 5.41) is 10.3. The van der Waals surface area contributed by atoms with Crippen LogP contribution in [0.3, 0.4) is 0 Å². The van der Waals surface area contributed by atoms with Gasteiger partial charge in [0, 0.05) is 23.9 Å². The molecule has 2 heterocycles. The summed E-state index contributed by atoms with van der Waals surface area (Å²) in [5.41, 5.74) is 3.38. The van der Waals surface area contributed by atoms with E-state index in [0.717, 1.165) is 42.4 Å². The van der Waals surface area contributed by atoms with Crippen LogP contribution in [0.5, 0.6) is 0 Å². The number of likely N-dealkylation sites (tertiary alicyclic amines) is 1. The van der Waals surface area contributed by atoms with Gasteiger partial charge in [-0.1, -0.05) is 25.5 Å². The van der Waals surface area contributed by atoms with Gasteiger partial charge in [0.15, 0.2) is 0 Å². The lowest BCUT2D eigenvalue weighted by molar-refractivity contribution is -0.211. The molecule has 5 saturated carbocycles. The van der Waals surface area contributed by atoms with Crippen molar-refractivity contribution in [3.05, 3.63) is 11.6 Å². The van der Waals surface area contributed by atoms with Crippen molar-refractivity contribution in [2.45, 2.75) is 102 Å². The Hall–Kier alpha value is -0.380. The molecule has 3 spiro atoms. The number of aliphatic hydroxyl groups is 1. The van der Waals surface area contributed by atoms with Crippen molar-refractivity contribution in [3.63, 3.8) is 0 Å². The van der Waals surface area contributed by atoms with E-state index in [1.54, 1.807) is 5.57 Å². The van der Waals surface area contributed by atoms with Crippen molar-refractivity contribution in [2.75, 3.05) is 13.6 Å². The minimum Gasteiger partial charge on any atom is -0.393 e. The predicted molar refractivity (Wildman–Crippen MR) is 120 cm³/mol. The summed E-state index contributed by atoms with van der Waals surface area (Å²) in [6.07, 6.45) is 16.0. The Balaban J connectivity index is 1.14. The first-order valence-electron chi connectivity index (χ1n) is 13.6. The van der Waals surface area contributed by atoms with E-state index in [9.17, 15) is 5.11 Å². The molecule has 7 fully saturated rings. The van der Waals surface area contributed by atoms with Crippen LogP contribution in [-0.4, -0.2) is 47.4 Å². The molecule has 8 aliphatic rings. The van der Waals surface area contributed by atoms with Crippen molar-refractivity contribution < 1.29 is 9.84 Å². The van der Waals surface area contributed by atoms with Gasteiger partial charge in [0.05, 0.1) is 17.8 Å². The Morgan fingerprint density at radius 2 is 2.00 bits per heavy atom. The molecule has 12 atom stereocenters. The standard InChI is InChI=1S/C28H41NO2/c1-16-10-23-24(29(3)14-16)22-13-27-15-26(27)12-21-19(20(26)7-9-28(22,27)31-23)5-4-17-11-18(30)6-8-25(17,21)2/h4,16,18-24,30H,5-15H2,1-3H3/t16-,18-,19-,20-,21-,22+,23+,24-,25-,26?,27?,28+/m0/s1. The second-order valence-corrected chi connectivity index (χ2v) is 13.9. The van der Waals surface area contributed by atoms with Gasteiger partial charge in [0.2, 0.25) is 0 Å². The fourth-order valence-corrected chi connectivity index (χ4v) is 12.1. The number of rotatable bonds is 0. The largest absolute Gasteiger partial charge is 0.393 e. The van der Waals surface area contributed by atoms with E-state index in [2.05, 4.69) is 31.9 Å². The van der Waals surface area contributed by atoms with Crippen LogP contribution in [0.4, 0.5) is 0 Å². The maximum atomic E-state index is 10.3. The van der Waals surface area contributed by atoms with E-state index < -0.39 is 0 Å². The molecule has 0 aromatic carbocycles. The number of aliphatic hydroxyl groups excluding tert-OH is 1. The molecule has 1 N–H and O–H groups in total. The normalized spacial score (nSPS) is 65.7. The van der Waals surface area contributed by atoms with Crippen molar-refractivity contribution in [1.29, 1.82) is 0 Å². The smallest absolute Gasteiger partial charge is 0.0793 e. The van der Waals surface area contributed by atoms with Crippen molar-refractivity contribution in [1.82, 2.24) is 4.90 Å². The van der Waals surface area contributed by atoms with E-state index >= 15 is 0 Å². The third kappa shape index (κ3) is 1.88. The number of piperidine rings is 1. The monoisotopic (exact) mass is 423 g/mol. The highest BCUT2D eigenvalue weighted by Gasteiger charge is 2.91. The van der Waals surface area contributed by atoms with Gasteiger partial charge in [-0.3, -0.25) is 0 Å². The summed E-state index contributed by atoms with van der Waals surface area (Å²) in [6, 6.07) is 0.699. The van der Waals surface area contributed by atoms with Crippen LogP contribution in [0.25, 0.3) is 0 Å². The Morgan fingerprint density at radius 1 is 1.13 bits per heavy atom. The van der Waals surface area contributed by atoms with Crippen LogP contribution in [-0.2, 0) is 4.74 Å². The maximum absolute atomic E-state index is 10.3. The average Bonchev–Trinajstić information content (AvgIpc) is 3.19. The van der Waals surface area contributed by atoms with Crippen LogP contribution in [0, 0.1) is 45.8 Å². The second-order valence-electron chi connectivity index (χ2n) is 13.9. The third-order valence-corrected chi connectivity index (χ3v) is 13.1. The molecule has 3 heteroatoms. The Bertz CT molecular complexity index is 884. The molecule has 2 unspecified atom stereocenters. The Kier molecular flexibility index (Phi) is 3.35. The Morgan fingerprint density at radius 3 is 2.87 bits per heavy atom. The summed E-state index contributed by atoms with van der Waals surface area (Å²) in [4.78, 5) is 2.69.